The van der Waals surface area contributed by atoms with Crippen LogP contribution in [0.1, 0.15) is 42.4 Å². The van der Waals surface area contributed by atoms with Crippen LogP contribution in [0, 0.1) is 5.92 Å². The highest BCUT2D eigenvalue weighted by atomic mass is 16.5. The Morgan fingerprint density at radius 1 is 0.925 bits per heavy atom. The fourth-order valence-corrected chi connectivity index (χ4v) is 5.83. The molecule has 1 aliphatic carbocycles. The van der Waals surface area contributed by atoms with Crippen LogP contribution >= 0.6 is 0 Å². The molecule has 0 spiro atoms. The van der Waals surface area contributed by atoms with Crippen LogP contribution < -0.4 is 10.6 Å². The molecule has 2 aliphatic rings. The van der Waals surface area contributed by atoms with Crippen molar-refractivity contribution < 1.29 is 24.2 Å². The molecule has 5 rings (SSSR count). The first-order chi connectivity index (χ1) is 19.4. The number of hydrogen-bond donors (Lipinski definition) is 3. The summed E-state index contributed by atoms with van der Waals surface area (Å²) in [7, 11) is 0. The number of nitrogens with zero attached hydrogens (tertiary/aromatic N) is 1. The van der Waals surface area contributed by atoms with E-state index in [0.717, 1.165) is 35.3 Å². The molecule has 0 aromatic heterocycles. The van der Waals surface area contributed by atoms with Crippen molar-refractivity contribution in [3.63, 3.8) is 0 Å². The highest BCUT2D eigenvalue weighted by Gasteiger charge is 2.34. The van der Waals surface area contributed by atoms with Crippen LogP contribution in [-0.2, 0) is 20.9 Å². The summed E-state index contributed by atoms with van der Waals surface area (Å²) in [5.41, 5.74) is 5.63. The number of alkyl carbamates (subject to hydrolysis) is 1. The van der Waals surface area contributed by atoms with E-state index in [1.54, 1.807) is 0 Å². The maximum atomic E-state index is 13.3. The number of nitrogens with one attached hydrogen (secondary N) is 2. The smallest absolute Gasteiger partial charge is 0.407 e. The fraction of sp³-hybridized carbons (Fsp3) is 0.344. The molecule has 3 atom stereocenters. The number of carboxylic acid groups (broad SMARTS) is 1. The largest absolute Gasteiger partial charge is 0.481 e. The zero-order chi connectivity index (χ0) is 28.1. The minimum absolute atomic E-state index is 0.0276. The SMILES string of the molecule is CC1CN(Cc2ccccc2)CC1NC(=O)C(CCC(=O)O)NC(=O)OCC1c2ccccc2-c2ccccc21. The zero-order valence-electron chi connectivity index (χ0n) is 22.6. The Hall–Kier alpha value is -4.17. The molecule has 3 aromatic rings. The van der Waals surface area contributed by atoms with Crippen molar-refractivity contribution in [2.45, 2.75) is 44.3 Å². The van der Waals surface area contributed by atoms with Crippen LogP contribution in [0.3, 0.4) is 0 Å². The van der Waals surface area contributed by atoms with E-state index < -0.39 is 24.0 Å². The number of carbonyl (C=O) groups is 3. The molecule has 8 nitrogen and oxygen atoms in total. The number of aliphatic carboxylic acids is 1. The third-order valence-corrected chi connectivity index (χ3v) is 7.86. The predicted molar refractivity (Wildman–Crippen MR) is 152 cm³/mol. The lowest BCUT2D eigenvalue weighted by atomic mass is 9.98. The summed E-state index contributed by atoms with van der Waals surface area (Å²) in [6.45, 7) is 4.50. The second-order valence-corrected chi connectivity index (χ2v) is 10.7. The van der Waals surface area contributed by atoms with Crippen LogP contribution in [0.4, 0.5) is 4.79 Å². The average Bonchev–Trinajstić information content (AvgIpc) is 3.46. The summed E-state index contributed by atoms with van der Waals surface area (Å²) in [6, 6.07) is 25.2. The minimum Gasteiger partial charge on any atom is -0.481 e. The first-order valence-corrected chi connectivity index (χ1v) is 13.8. The number of likely N-dealkylation sites (tertiary alicyclic amines) is 1. The Kier molecular flexibility index (Phi) is 8.45. The van der Waals surface area contributed by atoms with E-state index in [2.05, 4.69) is 46.7 Å². The van der Waals surface area contributed by atoms with E-state index in [-0.39, 0.29) is 37.3 Å². The van der Waals surface area contributed by atoms with Crippen molar-refractivity contribution in [3.05, 3.63) is 95.6 Å². The molecule has 1 saturated heterocycles. The molecule has 1 aliphatic heterocycles. The first kappa shape index (κ1) is 27.4. The zero-order valence-corrected chi connectivity index (χ0v) is 22.6. The third-order valence-electron chi connectivity index (χ3n) is 7.86. The maximum Gasteiger partial charge on any atom is 0.407 e. The monoisotopic (exact) mass is 541 g/mol. The molecule has 1 heterocycles. The average molecular weight is 542 g/mol. The topological polar surface area (TPSA) is 108 Å². The second kappa shape index (κ2) is 12.3. The highest BCUT2D eigenvalue weighted by Crippen LogP contribution is 2.44. The number of carboxylic acids is 1. The number of benzene rings is 3. The van der Waals surface area contributed by atoms with Gasteiger partial charge in [-0.25, -0.2) is 4.79 Å². The van der Waals surface area contributed by atoms with Crippen LogP contribution in [0.2, 0.25) is 0 Å². The van der Waals surface area contributed by atoms with Gasteiger partial charge in [0.15, 0.2) is 0 Å². The van der Waals surface area contributed by atoms with Gasteiger partial charge in [0, 0.05) is 38.0 Å². The third kappa shape index (κ3) is 6.34. The van der Waals surface area contributed by atoms with Gasteiger partial charge in [-0.05, 0) is 40.2 Å². The molecule has 2 amide bonds. The summed E-state index contributed by atoms with van der Waals surface area (Å²) in [4.78, 5) is 39.7. The summed E-state index contributed by atoms with van der Waals surface area (Å²) < 4.78 is 5.62. The number of hydrogen-bond acceptors (Lipinski definition) is 5. The molecule has 3 unspecified atom stereocenters. The van der Waals surface area contributed by atoms with Gasteiger partial charge in [0.05, 0.1) is 0 Å². The van der Waals surface area contributed by atoms with Crippen LogP contribution in [0.25, 0.3) is 11.1 Å². The van der Waals surface area contributed by atoms with Crippen molar-refractivity contribution in [2.75, 3.05) is 19.7 Å². The minimum atomic E-state index is -1.03. The molecule has 0 radical (unpaired) electrons. The quantitative estimate of drug-likeness (QED) is 0.351. The van der Waals surface area contributed by atoms with E-state index in [1.807, 2.05) is 54.6 Å². The Morgan fingerprint density at radius 3 is 2.20 bits per heavy atom. The number of fused-ring (bicyclic) bond motifs is 3. The van der Waals surface area contributed by atoms with Gasteiger partial charge in [-0.3, -0.25) is 14.5 Å². The molecule has 0 bridgehead atoms. The van der Waals surface area contributed by atoms with Crippen molar-refractivity contribution in [3.8, 4) is 11.1 Å². The molecular formula is C32H35N3O5. The molecule has 40 heavy (non-hydrogen) atoms. The van der Waals surface area contributed by atoms with Gasteiger partial charge in [-0.2, -0.15) is 0 Å². The molecule has 3 N–H and O–H groups in total. The van der Waals surface area contributed by atoms with E-state index in [1.165, 1.54) is 5.56 Å². The molecule has 8 heteroatoms. The molecule has 0 saturated carbocycles. The van der Waals surface area contributed by atoms with Crippen molar-refractivity contribution >= 4 is 18.0 Å². The van der Waals surface area contributed by atoms with Crippen LogP contribution in [0.5, 0.6) is 0 Å². The van der Waals surface area contributed by atoms with Gasteiger partial charge in [-0.15, -0.1) is 0 Å². The lowest BCUT2D eigenvalue weighted by Crippen LogP contribution is -2.51. The van der Waals surface area contributed by atoms with E-state index in [9.17, 15) is 19.5 Å². The van der Waals surface area contributed by atoms with Crippen LogP contribution in [-0.4, -0.2) is 59.8 Å². The fourth-order valence-electron chi connectivity index (χ4n) is 5.83. The van der Waals surface area contributed by atoms with Crippen molar-refractivity contribution in [2.24, 2.45) is 5.92 Å². The lowest BCUT2D eigenvalue weighted by Gasteiger charge is -2.23. The van der Waals surface area contributed by atoms with Gasteiger partial charge in [0.1, 0.15) is 12.6 Å². The van der Waals surface area contributed by atoms with Gasteiger partial charge in [0.25, 0.3) is 0 Å². The summed E-state index contributed by atoms with van der Waals surface area (Å²) in [6.07, 6.45) is -1.01. The Morgan fingerprint density at radius 2 is 1.55 bits per heavy atom. The highest BCUT2D eigenvalue weighted by molar-refractivity contribution is 5.86. The number of rotatable bonds is 10. The lowest BCUT2D eigenvalue weighted by molar-refractivity contribution is -0.137. The summed E-state index contributed by atoms with van der Waals surface area (Å²) in [5.74, 6) is -1.33. The van der Waals surface area contributed by atoms with Crippen molar-refractivity contribution in [1.82, 2.24) is 15.5 Å². The summed E-state index contributed by atoms with van der Waals surface area (Å²) >= 11 is 0. The second-order valence-electron chi connectivity index (χ2n) is 10.7. The summed E-state index contributed by atoms with van der Waals surface area (Å²) in [5, 5.41) is 14.9. The Labute approximate surface area is 234 Å². The predicted octanol–water partition coefficient (Wildman–Crippen LogP) is 4.40. The number of ether oxygens (including phenoxy) is 1. The maximum absolute atomic E-state index is 13.3. The van der Waals surface area contributed by atoms with Crippen LogP contribution in [0.15, 0.2) is 78.9 Å². The standard InChI is InChI=1S/C32H35N3O5/c1-21-17-35(18-22-9-3-2-4-10-22)19-29(21)33-31(38)28(15-16-30(36)37)34-32(39)40-20-27-25-13-7-5-11-23(25)24-12-6-8-14-26(24)27/h2-14,21,27-29H,15-20H2,1H3,(H,33,38)(H,34,39)(H,36,37). The van der Waals surface area contributed by atoms with Crippen molar-refractivity contribution in [1.29, 1.82) is 0 Å². The molecular weight excluding hydrogens is 506 g/mol. The molecule has 3 aromatic carbocycles. The van der Waals surface area contributed by atoms with Gasteiger partial charge in [-0.1, -0.05) is 85.8 Å². The molecule has 1 fully saturated rings. The number of amides is 2. The van der Waals surface area contributed by atoms with E-state index in [4.69, 9.17) is 4.74 Å². The number of carbonyl (C=O) groups excluding carboxylic acids is 2. The van der Waals surface area contributed by atoms with E-state index in [0.29, 0.717) is 6.54 Å². The Balaban J connectivity index is 1.19. The van der Waals surface area contributed by atoms with Gasteiger partial charge < -0.3 is 20.5 Å². The Bertz CT molecular complexity index is 1320. The first-order valence-electron chi connectivity index (χ1n) is 13.8. The van der Waals surface area contributed by atoms with E-state index >= 15 is 0 Å². The normalized spacial score (nSPS) is 18.9. The van der Waals surface area contributed by atoms with Gasteiger partial charge >= 0.3 is 12.1 Å². The molecule has 208 valence electrons. The van der Waals surface area contributed by atoms with Gasteiger partial charge in [0.2, 0.25) is 5.91 Å².